The zero-order valence-corrected chi connectivity index (χ0v) is 17.6. The number of benzene rings is 1. The highest BCUT2D eigenvalue weighted by molar-refractivity contribution is 5.89. The van der Waals surface area contributed by atoms with Gasteiger partial charge in [0.15, 0.2) is 0 Å². The van der Waals surface area contributed by atoms with Gasteiger partial charge in [0.2, 0.25) is 5.91 Å². The molecule has 1 N–H and O–H groups in total. The molecule has 0 aliphatic carbocycles. The molecule has 0 spiro atoms. The number of aromatic nitrogens is 3. The van der Waals surface area contributed by atoms with Gasteiger partial charge in [0, 0.05) is 25.2 Å². The molecule has 1 aromatic carbocycles. The third-order valence-corrected chi connectivity index (χ3v) is 5.57. The number of nitrogens with zero attached hydrogens (tertiary/aromatic N) is 4. The lowest BCUT2D eigenvalue weighted by Crippen LogP contribution is -2.43. The zero-order chi connectivity index (χ0) is 21.1. The van der Waals surface area contributed by atoms with Crippen molar-refractivity contribution in [1.82, 2.24) is 20.4 Å². The summed E-state index contributed by atoms with van der Waals surface area (Å²) in [6.07, 6.45) is 2.51. The normalized spacial score (nSPS) is 16.6. The minimum atomic E-state index is -0.108. The summed E-state index contributed by atoms with van der Waals surface area (Å²) >= 11 is 0. The van der Waals surface area contributed by atoms with E-state index in [2.05, 4.69) is 25.3 Å². The molecule has 1 amide bonds. The molecule has 0 saturated carbocycles. The molecular weight excluding hydrogens is 382 g/mol. The lowest BCUT2D eigenvalue weighted by atomic mass is 9.96. The lowest BCUT2D eigenvalue weighted by Gasteiger charge is -2.33. The molecule has 0 bridgehead atoms. The van der Waals surface area contributed by atoms with Crippen molar-refractivity contribution in [2.24, 2.45) is 5.92 Å². The molecule has 4 rings (SSSR count). The molecule has 8 nitrogen and oxygen atoms in total. The van der Waals surface area contributed by atoms with Gasteiger partial charge in [-0.25, -0.2) is 4.98 Å². The molecule has 3 heterocycles. The van der Waals surface area contributed by atoms with Crippen molar-refractivity contribution in [3.8, 4) is 5.75 Å². The van der Waals surface area contributed by atoms with E-state index in [4.69, 9.17) is 9.26 Å². The van der Waals surface area contributed by atoms with E-state index >= 15 is 0 Å². The average Bonchev–Trinajstić information content (AvgIpc) is 3.20. The topological polar surface area (TPSA) is 93.4 Å². The van der Waals surface area contributed by atoms with Gasteiger partial charge in [-0.05, 0) is 32.3 Å². The SMILES string of the molecule is CCc1noc2nc(C)nc(N3CCCC(C(=O)NCc4ccccc4OC)C3)c12. The molecule has 1 saturated heterocycles. The molecule has 3 aromatic rings. The Balaban J connectivity index is 1.50. The van der Waals surface area contributed by atoms with Crippen LogP contribution in [0.25, 0.3) is 11.1 Å². The van der Waals surface area contributed by atoms with E-state index in [1.54, 1.807) is 7.11 Å². The van der Waals surface area contributed by atoms with Crippen LogP contribution in [-0.2, 0) is 17.8 Å². The van der Waals surface area contributed by atoms with Crippen LogP contribution in [0.1, 0.15) is 36.8 Å². The predicted octanol–water partition coefficient (Wildman–Crippen LogP) is 3.03. The van der Waals surface area contributed by atoms with E-state index in [1.165, 1.54) is 0 Å². The van der Waals surface area contributed by atoms with Crippen LogP contribution in [0, 0.1) is 12.8 Å². The number of carbonyl (C=O) groups is 1. The van der Waals surface area contributed by atoms with Crippen molar-refractivity contribution in [2.75, 3.05) is 25.1 Å². The Hall–Kier alpha value is -3.16. The standard InChI is InChI=1S/C22H27N5O3/c1-4-17-19-20(24-14(2)25-22(19)30-26-17)27-11-7-9-16(13-27)21(28)23-12-15-8-5-6-10-18(15)29-3/h5-6,8,10,16H,4,7,9,11-13H2,1-3H3,(H,23,28). The van der Waals surface area contributed by atoms with Crippen molar-refractivity contribution in [3.05, 3.63) is 41.3 Å². The molecule has 1 aliphatic heterocycles. The summed E-state index contributed by atoms with van der Waals surface area (Å²) in [5, 5.41) is 8.08. The van der Waals surface area contributed by atoms with Crippen LogP contribution in [0.3, 0.4) is 0 Å². The van der Waals surface area contributed by atoms with Crippen molar-refractivity contribution in [3.63, 3.8) is 0 Å². The highest BCUT2D eigenvalue weighted by Crippen LogP contribution is 2.31. The molecule has 1 aliphatic rings. The number of hydrogen-bond acceptors (Lipinski definition) is 7. The summed E-state index contributed by atoms with van der Waals surface area (Å²) in [6, 6.07) is 7.73. The highest BCUT2D eigenvalue weighted by atomic mass is 16.5. The van der Waals surface area contributed by atoms with Gasteiger partial charge in [-0.1, -0.05) is 30.3 Å². The monoisotopic (exact) mass is 409 g/mol. The Morgan fingerprint density at radius 1 is 1.33 bits per heavy atom. The number of carbonyl (C=O) groups excluding carboxylic acids is 1. The average molecular weight is 409 g/mol. The van der Waals surface area contributed by atoms with E-state index < -0.39 is 0 Å². The summed E-state index contributed by atoms with van der Waals surface area (Å²) in [4.78, 5) is 24.1. The second-order valence-electron chi connectivity index (χ2n) is 7.57. The molecule has 0 radical (unpaired) electrons. The van der Waals surface area contributed by atoms with Gasteiger partial charge in [0.05, 0.1) is 18.7 Å². The van der Waals surface area contributed by atoms with Crippen molar-refractivity contribution < 1.29 is 14.1 Å². The van der Waals surface area contributed by atoms with Crippen LogP contribution in [0.15, 0.2) is 28.8 Å². The van der Waals surface area contributed by atoms with E-state index in [-0.39, 0.29) is 11.8 Å². The van der Waals surface area contributed by atoms with Crippen molar-refractivity contribution in [2.45, 2.75) is 39.7 Å². The molecule has 8 heteroatoms. The van der Waals surface area contributed by atoms with Crippen LogP contribution in [-0.4, -0.2) is 41.2 Å². The minimum Gasteiger partial charge on any atom is -0.496 e. The van der Waals surface area contributed by atoms with Crippen LogP contribution in [0.2, 0.25) is 0 Å². The molecule has 30 heavy (non-hydrogen) atoms. The van der Waals surface area contributed by atoms with Gasteiger partial charge < -0.3 is 19.5 Å². The largest absolute Gasteiger partial charge is 0.496 e. The first-order chi connectivity index (χ1) is 14.6. The fourth-order valence-electron chi connectivity index (χ4n) is 4.02. The molecule has 158 valence electrons. The molecule has 1 fully saturated rings. The van der Waals surface area contributed by atoms with Crippen LogP contribution in [0.5, 0.6) is 5.75 Å². The molecule has 1 unspecified atom stereocenters. The van der Waals surface area contributed by atoms with Gasteiger partial charge >= 0.3 is 0 Å². The summed E-state index contributed by atoms with van der Waals surface area (Å²) in [6.45, 7) is 5.78. The zero-order valence-electron chi connectivity index (χ0n) is 17.6. The smallest absolute Gasteiger partial charge is 0.263 e. The maximum atomic E-state index is 12.9. The van der Waals surface area contributed by atoms with Gasteiger partial charge in [0.25, 0.3) is 5.71 Å². The maximum absolute atomic E-state index is 12.9. The Kier molecular flexibility index (Phi) is 5.83. The minimum absolute atomic E-state index is 0.0497. The highest BCUT2D eigenvalue weighted by Gasteiger charge is 2.29. The summed E-state index contributed by atoms with van der Waals surface area (Å²) < 4.78 is 10.8. The number of aryl methyl sites for hydroxylation is 2. The van der Waals surface area contributed by atoms with E-state index in [1.807, 2.05) is 38.1 Å². The first kappa shape index (κ1) is 20.1. The number of nitrogens with one attached hydrogen (secondary N) is 1. The number of fused-ring (bicyclic) bond motifs is 1. The first-order valence-electron chi connectivity index (χ1n) is 10.4. The van der Waals surface area contributed by atoms with Crippen LogP contribution >= 0.6 is 0 Å². The van der Waals surface area contributed by atoms with E-state index in [9.17, 15) is 4.79 Å². The van der Waals surface area contributed by atoms with Crippen molar-refractivity contribution >= 4 is 22.8 Å². The van der Waals surface area contributed by atoms with Gasteiger partial charge in [0.1, 0.15) is 22.8 Å². The Bertz CT molecular complexity index is 1050. The lowest BCUT2D eigenvalue weighted by molar-refractivity contribution is -0.125. The number of ether oxygens (including phenoxy) is 1. The quantitative estimate of drug-likeness (QED) is 0.669. The van der Waals surface area contributed by atoms with Gasteiger partial charge in [-0.2, -0.15) is 4.98 Å². The number of para-hydroxylation sites is 1. The summed E-state index contributed by atoms with van der Waals surface area (Å²) in [5.74, 6) is 2.18. The Morgan fingerprint density at radius 3 is 2.97 bits per heavy atom. The van der Waals surface area contributed by atoms with E-state index in [0.29, 0.717) is 24.6 Å². The number of hydrogen-bond donors (Lipinski definition) is 1. The molecular formula is C22H27N5O3. The van der Waals surface area contributed by atoms with Crippen LogP contribution < -0.4 is 15.0 Å². The summed E-state index contributed by atoms with van der Waals surface area (Å²) in [5.41, 5.74) is 2.33. The fourth-order valence-corrected chi connectivity index (χ4v) is 4.02. The molecule has 1 atom stereocenters. The van der Waals surface area contributed by atoms with E-state index in [0.717, 1.165) is 54.0 Å². The number of amides is 1. The maximum Gasteiger partial charge on any atom is 0.263 e. The second kappa shape index (κ2) is 8.69. The van der Waals surface area contributed by atoms with Crippen molar-refractivity contribution in [1.29, 1.82) is 0 Å². The number of rotatable bonds is 6. The predicted molar refractivity (Wildman–Crippen MR) is 113 cm³/mol. The third-order valence-electron chi connectivity index (χ3n) is 5.57. The van der Waals surface area contributed by atoms with Gasteiger partial charge in [-0.3, -0.25) is 4.79 Å². The molecule has 2 aromatic heterocycles. The Morgan fingerprint density at radius 2 is 2.17 bits per heavy atom. The fraction of sp³-hybridized carbons (Fsp3) is 0.455. The number of methoxy groups -OCH3 is 1. The first-order valence-corrected chi connectivity index (χ1v) is 10.4. The van der Waals surface area contributed by atoms with Gasteiger partial charge in [-0.15, -0.1) is 0 Å². The van der Waals surface area contributed by atoms with Crippen LogP contribution in [0.4, 0.5) is 5.82 Å². The summed E-state index contributed by atoms with van der Waals surface area (Å²) in [7, 11) is 1.64. The Labute approximate surface area is 175 Å². The number of anilines is 1. The second-order valence-corrected chi connectivity index (χ2v) is 7.57. The third kappa shape index (κ3) is 3.94. The number of piperidine rings is 1.